The van der Waals surface area contributed by atoms with E-state index in [9.17, 15) is 18.4 Å². The molecule has 2 bridgehead atoms. The summed E-state index contributed by atoms with van der Waals surface area (Å²) in [5.41, 5.74) is 0.705. The van der Waals surface area contributed by atoms with Gasteiger partial charge in [-0.05, 0) is 12.5 Å². The van der Waals surface area contributed by atoms with Gasteiger partial charge in [-0.3, -0.25) is 14.2 Å². The molecule has 0 radical (unpaired) electrons. The van der Waals surface area contributed by atoms with Gasteiger partial charge in [-0.1, -0.05) is 6.07 Å². The maximum absolute atomic E-state index is 13.4. The maximum Gasteiger partial charge on any atom is 0.251 e. The van der Waals surface area contributed by atoms with Crippen LogP contribution in [0.25, 0.3) is 0 Å². The van der Waals surface area contributed by atoms with Crippen LogP contribution in [0.2, 0.25) is 0 Å². The molecule has 138 valence electrons. The van der Waals surface area contributed by atoms with Crippen LogP contribution in [-0.4, -0.2) is 47.5 Å². The lowest BCUT2D eigenvalue weighted by Gasteiger charge is -2.44. The topological polar surface area (TPSA) is 54.3 Å². The number of hydrogen-bond acceptors (Lipinski definition) is 3. The zero-order valence-corrected chi connectivity index (χ0v) is 14.6. The zero-order chi connectivity index (χ0) is 16.9. The van der Waals surface area contributed by atoms with Crippen molar-refractivity contribution in [2.75, 3.05) is 26.2 Å². The maximum atomic E-state index is 13.4. The standard InChI is InChI=1S/C17H21F2N3O2.ClH/c18-17(19)4-6-21(7-5-17)16(24)15-12-8-11(9-20-10-12)13-2-1-3-14(23)22(13)15;/h1-3,11-12,15,20H,4-10H2;1H/t11-,12+,15-;/m1./s1. The van der Waals surface area contributed by atoms with Crippen molar-refractivity contribution in [2.24, 2.45) is 5.92 Å². The second-order valence-corrected chi connectivity index (χ2v) is 7.14. The van der Waals surface area contributed by atoms with Gasteiger partial charge in [-0.15, -0.1) is 12.4 Å². The largest absolute Gasteiger partial charge is 0.340 e. The van der Waals surface area contributed by atoms with Crippen LogP contribution >= 0.6 is 12.4 Å². The van der Waals surface area contributed by atoms with Crippen LogP contribution in [0.5, 0.6) is 0 Å². The number of carbonyl (C=O) groups excluding carboxylic acids is 1. The number of nitrogens with one attached hydrogen (secondary N) is 1. The third kappa shape index (κ3) is 3.19. The van der Waals surface area contributed by atoms with Crippen LogP contribution < -0.4 is 10.9 Å². The van der Waals surface area contributed by atoms with E-state index in [1.807, 2.05) is 6.07 Å². The van der Waals surface area contributed by atoms with Gasteiger partial charge in [0.2, 0.25) is 5.91 Å². The van der Waals surface area contributed by atoms with Crippen LogP contribution in [0, 0.1) is 5.92 Å². The Labute approximate surface area is 150 Å². The molecule has 0 aromatic carbocycles. The van der Waals surface area contributed by atoms with E-state index in [4.69, 9.17) is 0 Å². The predicted octanol–water partition coefficient (Wildman–Crippen LogP) is 1.78. The first kappa shape index (κ1) is 18.3. The number of halogens is 3. The zero-order valence-electron chi connectivity index (χ0n) is 13.8. The Hall–Kier alpha value is -1.47. The molecule has 1 amide bonds. The van der Waals surface area contributed by atoms with Gasteiger partial charge in [-0.2, -0.15) is 0 Å². The van der Waals surface area contributed by atoms with Crippen molar-refractivity contribution in [2.45, 2.75) is 37.1 Å². The molecule has 1 N–H and O–H groups in total. The Balaban J connectivity index is 0.00000182. The number of amides is 1. The van der Waals surface area contributed by atoms with Gasteiger partial charge in [0.15, 0.2) is 0 Å². The molecule has 2 saturated heterocycles. The van der Waals surface area contributed by atoms with Crippen LogP contribution in [0.4, 0.5) is 8.78 Å². The summed E-state index contributed by atoms with van der Waals surface area (Å²) >= 11 is 0. The Morgan fingerprint density at radius 1 is 1.20 bits per heavy atom. The average molecular weight is 374 g/mol. The molecule has 3 aliphatic heterocycles. The highest BCUT2D eigenvalue weighted by molar-refractivity contribution is 5.85. The third-order valence-electron chi connectivity index (χ3n) is 5.61. The lowest BCUT2D eigenvalue weighted by atomic mass is 9.78. The summed E-state index contributed by atoms with van der Waals surface area (Å²) < 4.78 is 28.4. The summed E-state index contributed by atoms with van der Waals surface area (Å²) in [5.74, 6) is -2.61. The van der Waals surface area contributed by atoms with E-state index in [0.717, 1.165) is 18.7 Å². The van der Waals surface area contributed by atoms with Crippen molar-refractivity contribution < 1.29 is 13.6 Å². The molecule has 3 aliphatic rings. The van der Waals surface area contributed by atoms with Gasteiger partial charge in [0.1, 0.15) is 6.04 Å². The van der Waals surface area contributed by atoms with Crippen LogP contribution in [0.3, 0.4) is 0 Å². The van der Waals surface area contributed by atoms with Crippen molar-refractivity contribution in [3.05, 3.63) is 34.2 Å². The minimum absolute atomic E-state index is 0. The first-order chi connectivity index (χ1) is 11.5. The highest BCUT2D eigenvalue weighted by Gasteiger charge is 2.44. The predicted molar refractivity (Wildman–Crippen MR) is 91.5 cm³/mol. The van der Waals surface area contributed by atoms with Crippen molar-refractivity contribution >= 4 is 18.3 Å². The number of piperidine rings is 2. The van der Waals surface area contributed by atoms with Crippen molar-refractivity contribution in [1.82, 2.24) is 14.8 Å². The fourth-order valence-electron chi connectivity index (χ4n) is 4.35. The molecule has 0 spiro atoms. The minimum Gasteiger partial charge on any atom is -0.340 e. The number of nitrogens with zero attached hydrogens (tertiary/aromatic N) is 2. The van der Waals surface area contributed by atoms with Gasteiger partial charge < -0.3 is 10.2 Å². The molecular weight excluding hydrogens is 352 g/mol. The summed E-state index contributed by atoms with van der Waals surface area (Å²) in [4.78, 5) is 27.0. The molecule has 2 fully saturated rings. The summed E-state index contributed by atoms with van der Waals surface area (Å²) in [6.45, 7) is 1.60. The summed E-state index contributed by atoms with van der Waals surface area (Å²) in [5, 5.41) is 3.34. The number of carbonyl (C=O) groups is 1. The number of rotatable bonds is 1. The van der Waals surface area contributed by atoms with Crippen molar-refractivity contribution in [1.29, 1.82) is 0 Å². The second kappa shape index (κ2) is 6.68. The van der Waals surface area contributed by atoms with Gasteiger partial charge in [0.05, 0.1) is 0 Å². The minimum atomic E-state index is -2.68. The van der Waals surface area contributed by atoms with E-state index in [-0.39, 0.29) is 61.6 Å². The van der Waals surface area contributed by atoms with Gasteiger partial charge in [0, 0.05) is 62.6 Å². The van der Waals surface area contributed by atoms with E-state index in [0.29, 0.717) is 6.54 Å². The van der Waals surface area contributed by atoms with E-state index in [1.165, 1.54) is 11.0 Å². The van der Waals surface area contributed by atoms with Crippen molar-refractivity contribution in [3.8, 4) is 0 Å². The van der Waals surface area contributed by atoms with Crippen LogP contribution in [-0.2, 0) is 4.79 Å². The molecule has 25 heavy (non-hydrogen) atoms. The van der Waals surface area contributed by atoms with Crippen molar-refractivity contribution in [3.63, 3.8) is 0 Å². The first-order valence-electron chi connectivity index (χ1n) is 8.55. The lowest BCUT2D eigenvalue weighted by molar-refractivity contribution is -0.143. The SMILES string of the molecule is Cl.O=C([C@H]1[C@@H]2CNC[C@@H](C2)c2cccc(=O)n21)N1CCC(F)(F)CC1. The van der Waals surface area contributed by atoms with Gasteiger partial charge >= 0.3 is 0 Å². The smallest absolute Gasteiger partial charge is 0.251 e. The number of alkyl halides is 2. The highest BCUT2D eigenvalue weighted by Crippen LogP contribution is 2.40. The molecule has 3 atom stereocenters. The van der Waals surface area contributed by atoms with Crippen LogP contribution in [0.15, 0.2) is 23.0 Å². The second-order valence-electron chi connectivity index (χ2n) is 7.14. The first-order valence-corrected chi connectivity index (χ1v) is 8.55. The Morgan fingerprint density at radius 2 is 1.92 bits per heavy atom. The number of aromatic nitrogens is 1. The Morgan fingerprint density at radius 3 is 2.64 bits per heavy atom. The van der Waals surface area contributed by atoms with Gasteiger partial charge in [-0.25, -0.2) is 8.78 Å². The molecule has 1 aromatic heterocycles. The van der Waals surface area contributed by atoms with Gasteiger partial charge in [0.25, 0.3) is 11.5 Å². The Kier molecular flexibility index (Phi) is 4.90. The van der Waals surface area contributed by atoms with E-state index < -0.39 is 12.0 Å². The number of likely N-dealkylation sites (tertiary alicyclic amines) is 1. The molecule has 5 nitrogen and oxygen atoms in total. The fourth-order valence-corrected chi connectivity index (χ4v) is 4.35. The molecule has 0 unspecified atom stereocenters. The third-order valence-corrected chi connectivity index (χ3v) is 5.61. The molecule has 8 heteroatoms. The molecule has 0 saturated carbocycles. The summed E-state index contributed by atoms with van der Waals surface area (Å²) in [6.07, 6.45) is 0.262. The lowest BCUT2D eigenvalue weighted by Crippen LogP contribution is -2.54. The fraction of sp³-hybridized carbons (Fsp3) is 0.647. The van der Waals surface area contributed by atoms with Crippen LogP contribution in [0.1, 0.15) is 36.9 Å². The molecular formula is C17H22ClF2N3O2. The van der Waals surface area contributed by atoms with E-state index in [1.54, 1.807) is 10.6 Å². The summed E-state index contributed by atoms with van der Waals surface area (Å²) in [7, 11) is 0. The average Bonchev–Trinajstić information content (AvgIpc) is 2.56. The summed E-state index contributed by atoms with van der Waals surface area (Å²) in [6, 6.07) is 4.53. The number of fused-ring (bicyclic) bond motifs is 4. The highest BCUT2D eigenvalue weighted by atomic mass is 35.5. The van der Waals surface area contributed by atoms with E-state index >= 15 is 0 Å². The monoisotopic (exact) mass is 373 g/mol. The number of hydrogen-bond donors (Lipinski definition) is 1. The number of pyridine rings is 1. The molecule has 4 rings (SSSR count). The Bertz CT molecular complexity index is 714. The normalized spacial score (nSPS) is 30.2. The molecule has 1 aromatic rings. The quantitative estimate of drug-likeness (QED) is 0.816. The molecule has 4 heterocycles. The van der Waals surface area contributed by atoms with E-state index in [2.05, 4.69) is 5.32 Å². The molecule has 0 aliphatic carbocycles.